The lowest BCUT2D eigenvalue weighted by atomic mass is 10.1. The molecule has 0 aliphatic carbocycles. The maximum absolute atomic E-state index is 9.02. The van der Waals surface area contributed by atoms with E-state index in [2.05, 4.69) is 33.6 Å². The molecular formula is C16H23N3O. The molecule has 0 bridgehead atoms. The summed E-state index contributed by atoms with van der Waals surface area (Å²) in [5, 5.41) is 9.02. The fourth-order valence-electron chi connectivity index (χ4n) is 2.29. The Bertz CT molecular complexity index is 519. The Balaban J connectivity index is 1.74. The van der Waals surface area contributed by atoms with Crippen LogP contribution in [0.4, 0.5) is 0 Å². The molecular weight excluding hydrogens is 250 g/mol. The highest BCUT2D eigenvalue weighted by Crippen LogP contribution is 2.07. The van der Waals surface area contributed by atoms with Crippen molar-refractivity contribution < 1.29 is 5.11 Å². The molecule has 0 spiro atoms. The average Bonchev–Trinajstić information content (AvgIpc) is 2.85. The molecule has 108 valence electrons. The Labute approximate surface area is 120 Å². The molecule has 1 aromatic heterocycles. The second-order valence-corrected chi connectivity index (χ2v) is 5.23. The summed E-state index contributed by atoms with van der Waals surface area (Å²) in [6.07, 6.45) is 4.99. The largest absolute Gasteiger partial charge is 0.392 e. The lowest BCUT2D eigenvalue weighted by Crippen LogP contribution is -2.20. The molecule has 0 fully saturated rings. The minimum Gasteiger partial charge on any atom is -0.392 e. The maximum Gasteiger partial charge on any atom is 0.105 e. The summed E-state index contributed by atoms with van der Waals surface area (Å²) in [7, 11) is 2.14. The Morgan fingerprint density at radius 3 is 2.50 bits per heavy atom. The number of nitrogens with zero attached hydrogens (tertiary/aromatic N) is 3. The van der Waals surface area contributed by atoms with E-state index in [0.29, 0.717) is 0 Å². The lowest BCUT2D eigenvalue weighted by molar-refractivity contribution is 0.281. The number of imidazole rings is 1. The lowest BCUT2D eigenvalue weighted by Gasteiger charge is -2.17. The Morgan fingerprint density at radius 2 is 1.90 bits per heavy atom. The van der Waals surface area contributed by atoms with E-state index in [4.69, 9.17) is 5.11 Å². The van der Waals surface area contributed by atoms with Crippen LogP contribution in [0.3, 0.4) is 0 Å². The first kappa shape index (κ1) is 14.8. The fourth-order valence-corrected chi connectivity index (χ4v) is 2.29. The van der Waals surface area contributed by atoms with Gasteiger partial charge in [-0.05, 0) is 38.1 Å². The van der Waals surface area contributed by atoms with Gasteiger partial charge in [0.05, 0.1) is 6.61 Å². The monoisotopic (exact) mass is 273 g/mol. The second kappa shape index (κ2) is 7.22. The predicted octanol–water partition coefficient (Wildman–Crippen LogP) is 2.21. The first-order valence-corrected chi connectivity index (χ1v) is 7.04. The van der Waals surface area contributed by atoms with Gasteiger partial charge in [-0.2, -0.15) is 0 Å². The third-order valence-electron chi connectivity index (χ3n) is 3.52. The number of aromatic nitrogens is 2. The summed E-state index contributed by atoms with van der Waals surface area (Å²) in [5.74, 6) is 1.08. The summed E-state index contributed by atoms with van der Waals surface area (Å²) < 4.78 is 2.18. The first-order chi connectivity index (χ1) is 9.69. The third kappa shape index (κ3) is 4.18. The van der Waals surface area contributed by atoms with E-state index in [9.17, 15) is 0 Å². The van der Waals surface area contributed by atoms with Crippen LogP contribution in [0.2, 0.25) is 0 Å². The standard InChI is InChI=1S/C16H23N3O/c1-14-17-8-11-19(14)10-3-9-18(2)12-15-4-6-16(13-20)7-5-15/h4-8,11,20H,3,9-10,12-13H2,1-2H3. The van der Waals surface area contributed by atoms with Crippen LogP contribution < -0.4 is 0 Å². The van der Waals surface area contributed by atoms with Crippen LogP contribution >= 0.6 is 0 Å². The Morgan fingerprint density at radius 1 is 1.20 bits per heavy atom. The molecule has 0 amide bonds. The van der Waals surface area contributed by atoms with Crippen LogP contribution in [0.1, 0.15) is 23.4 Å². The predicted molar refractivity (Wildman–Crippen MR) is 80.3 cm³/mol. The van der Waals surface area contributed by atoms with Gasteiger partial charge in [-0.15, -0.1) is 0 Å². The van der Waals surface area contributed by atoms with Crippen molar-refractivity contribution in [3.8, 4) is 0 Å². The topological polar surface area (TPSA) is 41.3 Å². The maximum atomic E-state index is 9.02. The summed E-state index contributed by atoms with van der Waals surface area (Å²) in [5.41, 5.74) is 2.25. The Kier molecular flexibility index (Phi) is 5.32. The van der Waals surface area contributed by atoms with Gasteiger partial charge >= 0.3 is 0 Å². The van der Waals surface area contributed by atoms with Gasteiger partial charge in [-0.25, -0.2) is 4.98 Å². The molecule has 1 aromatic carbocycles. The molecule has 0 aliphatic heterocycles. The first-order valence-electron chi connectivity index (χ1n) is 7.04. The van der Waals surface area contributed by atoms with Crippen molar-refractivity contribution >= 4 is 0 Å². The van der Waals surface area contributed by atoms with Gasteiger partial charge in [0.2, 0.25) is 0 Å². The molecule has 1 heterocycles. The third-order valence-corrected chi connectivity index (χ3v) is 3.52. The van der Waals surface area contributed by atoms with E-state index >= 15 is 0 Å². The van der Waals surface area contributed by atoms with E-state index in [1.807, 2.05) is 31.5 Å². The van der Waals surface area contributed by atoms with E-state index in [1.54, 1.807) is 0 Å². The molecule has 1 N–H and O–H groups in total. The van der Waals surface area contributed by atoms with Gasteiger partial charge in [0.1, 0.15) is 5.82 Å². The van der Waals surface area contributed by atoms with Crippen molar-refractivity contribution in [3.05, 3.63) is 53.6 Å². The molecule has 0 atom stereocenters. The van der Waals surface area contributed by atoms with Crippen LogP contribution in [0.5, 0.6) is 0 Å². The van der Waals surface area contributed by atoms with Crippen molar-refractivity contribution in [2.24, 2.45) is 0 Å². The molecule has 0 aliphatic rings. The minimum atomic E-state index is 0.111. The summed E-state index contributed by atoms with van der Waals surface area (Å²) in [4.78, 5) is 6.55. The number of aliphatic hydroxyl groups is 1. The van der Waals surface area contributed by atoms with Crippen LogP contribution in [0.25, 0.3) is 0 Å². The van der Waals surface area contributed by atoms with Crippen LogP contribution in [-0.4, -0.2) is 33.1 Å². The second-order valence-electron chi connectivity index (χ2n) is 5.23. The molecule has 0 saturated carbocycles. The molecule has 4 nitrogen and oxygen atoms in total. The highest BCUT2D eigenvalue weighted by atomic mass is 16.3. The van der Waals surface area contributed by atoms with Gasteiger partial charge in [0, 0.05) is 25.5 Å². The van der Waals surface area contributed by atoms with Gasteiger partial charge in [0.25, 0.3) is 0 Å². The molecule has 2 rings (SSSR count). The summed E-state index contributed by atoms with van der Waals surface area (Å²) in [6.45, 7) is 5.15. The van der Waals surface area contributed by atoms with E-state index in [0.717, 1.165) is 37.4 Å². The number of hydrogen-bond donors (Lipinski definition) is 1. The summed E-state index contributed by atoms with van der Waals surface area (Å²) >= 11 is 0. The molecule has 2 aromatic rings. The van der Waals surface area contributed by atoms with Crippen molar-refractivity contribution in [1.29, 1.82) is 0 Å². The van der Waals surface area contributed by atoms with Crippen LogP contribution in [-0.2, 0) is 19.7 Å². The molecule has 20 heavy (non-hydrogen) atoms. The van der Waals surface area contributed by atoms with E-state index < -0.39 is 0 Å². The van der Waals surface area contributed by atoms with E-state index in [1.165, 1.54) is 5.56 Å². The molecule has 0 unspecified atom stereocenters. The molecule has 0 saturated heterocycles. The number of aryl methyl sites for hydroxylation is 2. The smallest absolute Gasteiger partial charge is 0.105 e. The van der Waals surface area contributed by atoms with Gasteiger partial charge < -0.3 is 14.6 Å². The van der Waals surface area contributed by atoms with Crippen LogP contribution in [0.15, 0.2) is 36.7 Å². The number of aliphatic hydroxyl groups excluding tert-OH is 1. The van der Waals surface area contributed by atoms with Gasteiger partial charge in [-0.3, -0.25) is 0 Å². The number of rotatable bonds is 7. The zero-order valence-electron chi connectivity index (χ0n) is 12.3. The zero-order valence-corrected chi connectivity index (χ0v) is 12.3. The minimum absolute atomic E-state index is 0.111. The number of benzene rings is 1. The summed E-state index contributed by atoms with van der Waals surface area (Å²) in [6, 6.07) is 8.14. The van der Waals surface area contributed by atoms with Crippen molar-refractivity contribution in [3.63, 3.8) is 0 Å². The van der Waals surface area contributed by atoms with Crippen molar-refractivity contribution in [2.45, 2.75) is 33.0 Å². The zero-order chi connectivity index (χ0) is 14.4. The SMILES string of the molecule is Cc1nccn1CCCN(C)Cc1ccc(CO)cc1. The molecule has 4 heteroatoms. The van der Waals surface area contributed by atoms with Crippen molar-refractivity contribution in [1.82, 2.24) is 14.5 Å². The highest BCUT2D eigenvalue weighted by molar-refractivity contribution is 5.21. The van der Waals surface area contributed by atoms with E-state index in [-0.39, 0.29) is 6.61 Å². The molecule has 0 radical (unpaired) electrons. The normalized spacial score (nSPS) is 11.2. The quantitative estimate of drug-likeness (QED) is 0.841. The van der Waals surface area contributed by atoms with Gasteiger partial charge in [-0.1, -0.05) is 24.3 Å². The fraction of sp³-hybridized carbons (Fsp3) is 0.438. The Hall–Kier alpha value is -1.65. The van der Waals surface area contributed by atoms with Gasteiger partial charge in [0.15, 0.2) is 0 Å². The van der Waals surface area contributed by atoms with Crippen LogP contribution in [0, 0.1) is 6.92 Å². The highest BCUT2D eigenvalue weighted by Gasteiger charge is 2.02. The number of hydrogen-bond acceptors (Lipinski definition) is 3. The van der Waals surface area contributed by atoms with Crippen molar-refractivity contribution in [2.75, 3.05) is 13.6 Å². The average molecular weight is 273 g/mol.